The summed E-state index contributed by atoms with van der Waals surface area (Å²) in [5.41, 5.74) is 1.38. The van der Waals surface area contributed by atoms with Crippen molar-refractivity contribution in [3.05, 3.63) is 35.0 Å². The highest BCUT2D eigenvalue weighted by Gasteiger charge is 2.34. The first kappa shape index (κ1) is 16.7. The Hall–Kier alpha value is -2.70. The van der Waals surface area contributed by atoms with Crippen molar-refractivity contribution in [2.24, 2.45) is 0 Å². The maximum Gasteiger partial charge on any atom is 0.337 e. The van der Waals surface area contributed by atoms with Gasteiger partial charge in [0.15, 0.2) is 11.5 Å². The van der Waals surface area contributed by atoms with Crippen LogP contribution in [0.15, 0.2) is 29.5 Å². The number of hydrogen-bond donors (Lipinski definition) is 2. The summed E-state index contributed by atoms with van der Waals surface area (Å²) >= 11 is 0. The Morgan fingerprint density at radius 1 is 1.30 bits per heavy atom. The molecule has 7 heteroatoms. The first-order valence-corrected chi connectivity index (χ1v) is 7.19. The van der Waals surface area contributed by atoms with Gasteiger partial charge in [-0.1, -0.05) is 12.1 Å². The summed E-state index contributed by atoms with van der Waals surface area (Å²) in [6.07, 6.45) is 0. The lowest BCUT2D eigenvalue weighted by atomic mass is 9.94. The summed E-state index contributed by atoms with van der Waals surface area (Å²) in [7, 11) is 2.81. The van der Waals surface area contributed by atoms with Gasteiger partial charge in [0.1, 0.15) is 0 Å². The number of esters is 1. The topological polar surface area (TPSA) is 85.9 Å². The smallest absolute Gasteiger partial charge is 0.337 e. The van der Waals surface area contributed by atoms with Crippen molar-refractivity contribution < 1.29 is 23.8 Å². The van der Waals surface area contributed by atoms with E-state index in [0.717, 1.165) is 0 Å². The van der Waals surface area contributed by atoms with Crippen molar-refractivity contribution in [2.75, 3.05) is 20.8 Å². The summed E-state index contributed by atoms with van der Waals surface area (Å²) in [5, 5.41) is 5.31. The van der Waals surface area contributed by atoms with Gasteiger partial charge in [0.2, 0.25) is 0 Å². The molecule has 0 saturated carbocycles. The number of nitrogens with one attached hydrogen (secondary N) is 2. The van der Waals surface area contributed by atoms with E-state index >= 15 is 0 Å². The fourth-order valence-electron chi connectivity index (χ4n) is 2.56. The molecular weight excluding hydrogens is 300 g/mol. The highest BCUT2D eigenvalue weighted by atomic mass is 16.5. The van der Waals surface area contributed by atoms with Crippen LogP contribution in [0.4, 0.5) is 4.79 Å². The minimum Gasteiger partial charge on any atom is -0.492 e. The van der Waals surface area contributed by atoms with Crippen molar-refractivity contribution in [1.29, 1.82) is 0 Å². The SMILES string of the molecule is CCOc1cccc([C@@H]2NC(=O)NC(C)=C2C(=O)OC)c1OC. The van der Waals surface area contributed by atoms with Gasteiger partial charge >= 0.3 is 12.0 Å². The summed E-state index contributed by atoms with van der Waals surface area (Å²) in [4.78, 5) is 24.0. The van der Waals surface area contributed by atoms with Crippen molar-refractivity contribution in [1.82, 2.24) is 10.6 Å². The third-order valence-corrected chi connectivity index (χ3v) is 3.50. The normalized spacial score (nSPS) is 17.2. The first-order valence-electron chi connectivity index (χ1n) is 7.19. The number of amides is 2. The highest BCUT2D eigenvalue weighted by molar-refractivity contribution is 5.95. The number of ether oxygens (including phenoxy) is 3. The molecule has 0 radical (unpaired) electrons. The predicted molar refractivity (Wildman–Crippen MR) is 83.3 cm³/mol. The van der Waals surface area contributed by atoms with Gasteiger partial charge in [-0.05, 0) is 19.9 Å². The van der Waals surface area contributed by atoms with E-state index in [0.29, 0.717) is 34.9 Å². The van der Waals surface area contributed by atoms with Crippen LogP contribution < -0.4 is 20.1 Å². The second-order valence-electron chi connectivity index (χ2n) is 4.87. The van der Waals surface area contributed by atoms with Crippen LogP contribution >= 0.6 is 0 Å². The van der Waals surface area contributed by atoms with Gasteiger partial charge < -0.3 is 24.8 Å². The molecule has 1 heterocycles. The maximum absolute atomic E-state index is 12.1. The minimum absolute atomic E-state index is 0.319. The molecule has 0 fully saturated rings. The zero-order valence-corrected chi connectivity index (χ0v) is 13.6. The van der Waals surface area contributed by atoms with Crippen molar-refractivity contribution in [3.8, 4) is 11.5 Å². The third-order valence-electron chi connectivity index (χ3n) is 3.50. The maximum atomic E-state index is 12.1. The molecule has 1 aliphatic rings. The predicted octanol–water partition coefficient (Wildman–Crippen LogP) is 1.89. The van der Waals surface area contributed by atoms with Gasteiger partial charge in [-0.15, -0.1) is 0 Å². The molecule has 23 heavy (non-hydrogen) atoms. The van der Waals surface area contributed by atoms with Crippen LogP contribution in [0.25, 0.3) is 0 Å². The van der Waals surface area contributed by atoms with Gasteiger partial charge in [-0.25, -0.2) is 9.59 Å². The van der Waals surface area contributed by atoms with Gasteiger partial charge in [-0.2, -0.15) is 0 Å². The van der Waals surface area contributed by atoms with E-state index in [1.165, 1.54) is 14.2 Å². The number of hydrogen-bond acceptors (Lipinski definition) is 5. The van der Waals surface area contributed by atoms with Crippen LogP contribution in [0, 0.1) is 0 Å². The van der Waals surface area contributed by atoms with E-state index in [9.17, 15) is 9.59 Å². The molecule has 0 spiro atoms. The Morgan fingerprint density at radius 3 is 2.65 bits per heavy atom. The van der Waals surface area contributed by atoms with Gasteiger partial charge in [-0.3, -0.25) is 0 Å². The van der Waals surface area contributed by atoms with Crippen LogP contribution in [0.3, 0.4) is 0 Å². The number of para-hydroxylation sites is 1. The van der Waals surface area contributed by atoms with Crippen LogP contribution in [0.1, 0.15) is 25.5 Å². The molecule has 0 saturated heterocycles. The zero-order chi connectivity index (χ0) is 17.0. The minimum atomic E-state index is -0.688. The monoisotopic (exact) mass is 320 g/mol. The molecular formula is C16H20N2O5. The van der Waals surface area contributed by atoms with E-state index in [-0.39, 0.29) is 0 Å². The molecule has 7 nitrogen and oxygen atoms in total. The van der Waals surface area contributed by atoms with Gasteiger partial charge in [0, 0.05) is 11.3 Å². The van der Waals surface area contributed by atoms with E-state index in [2.05, 4.69) is 10.6 Å². The quantitative estimate of drug-likeness (QED) is 0.809. The Bertz CT molecular complexity index is 654. The van der Waals surface area contributed by atoms with Crippen LogP contribution in [-0.2, 0) is 9.53 Å². The fourth-order valence-corrected chi connectivity index (χ4v) is 2.56. The number of benzene rings is 1. The summed E-state index contributed by atoms with van der Waals surface area (Å²) < 4.78 is 15.8. The van der Waals surface area contributed by atoms with E-state index in [1.54, 1.807) is 25.1 Å². The number of allylic oxidation sites excluding steroid dienone is 1. The molecule has 0 aromatic heterocycles. The van der Waals surface area contributed by atoms with Crippen molar-refractivity contribution in [3.63, 3.8) is 0 Å². The molecule has 2 amide bonds. The Kier molecular flexibility index (Phi) is 5.10. The molecule has 2 N–H and O–H groups in total. The number of urea groups is 1. The van der Waals surface area contributed by atoms with Crippen molar-refractivity contribution in [2.45, 2.75) is 19.9 Å². The standard InChI is InChI=1S/C16H20N2O5/c1-5-23-11-8-6-7-10(14(11)21-3)13-12(15(19)22-4)9(2)17-16(20)18-13/h6-8,13H,5H2,1-4H3,(H2,17,18,20)/t13-/m0/s1. The lowest BCUT2D eigenvalue weighted by Gasteiger charge is -2.29. The summed E-state index contributed by atoms with van der Waals surface area (Å²) in [6.45, 7) is 3.98. The van der Waals surface area contributed by atoms with Crippen molar-refractivity contribution >= 4 is 12.0 Å². The number of carbonyl (C=O) groups excluding carboxylic acids is 2. The molecule has 1 aromatic rings. The second-order valence-corrected chi connectivity index (χ2v) is 4.87. The molecule has 1 aromatic carbocycles. The molecule has 1 aliphatic heterocycles. The molecule has 2 rings (SSSR count). The van der Waals surface area contributed by atoms with Crippen LogP contribution in [0.5, 0.6) is 11.5 Å². The number of methoxy groups -OCH3 is 2. The molecule has 0 aliphatic carbocycles. The Labute approximate surface area is 134 Å². The third kappa shape index (κ3) is 3.23. The lowest BCUT2D eigenvalue weighted by molar-refractivity contribution is -0.136. The average molecular weight is 320 g/mol. The summed E-state index contributed by atoms with van der Waals surface area (Å²) in [5.74, 6) is 0.488. The Balaban J connectivity index is 2.58. The Morgan fingerprint density at radius 2 is 2.04 bits per heavy atom. The average Bonchev–Trinajstić information content (AvgIpc) is 2.53. The van der Waals surface area contributed by atoms with E-state index in [4.69, 9.17) is 14.2 Å². The molecule has 1 atom stereocenters. The second kappa shape index (κ2) is 7.04. The van der Waals surface area contributed by atoms with Crippen LogP contribution in [-0.4, -0.2) is 32.8 Å². The van der Waals surface area contributed by atoms with Gasteiger partial charge in [0.25, 0.3) is 0 Å². The number of rotatable bonds is 5. The molecule has 0 bridgehead atoms. The largest absolute Gasteiger partial charge is 0.492 e. The van der Waals surface area contributed by atoms with Gasteiger partial charge in [0.05, 0.1) is 32.4 Å². The van der Waals surface area contributed by atoms with Crippen LogP contribution in [0.2, 0.25) is 0 Å². The molecule has 124 valence electrons. The molecule has 0 unspecified atom stereocenters. The summed E-state index contributed by atoms with van der Waals surface area (Å²) in [6, 6.07) is 4.23. The van der Waals surface area contributed by atoms with E-state index in [1.807, 2.05) is 6.92 Å². The van der Waals surface area contributed by atoms with E-state index < -0.39 is 18.0 Å². The fraction of sp³-hybridized carbons (Fsp3) is 0.375. The number of carbonyl (C=O) groups is 2. The highest BCUT2D eigenvalue weighted by Crippen LogP contribution is 2.39. The first-order chi connectivity index (χ1) is 11.0. The lowest BCUT2D eigenvalue weighted by Crippen LogP contribution is -2.45. The zero-order valence-electron chi connectivity index (χ0n) is 13.6.